The number of nitrogens with one attached hydrogen (secondary N) is 1. The van der Waals surface area contributed by atoms with Crippen LogP contribution < -0.4 is 5.32 Å². The van der Waals surface area contributed by atoms with Crippen LogP contribution in [-0.2, 0) is 11.2 Å². The Bertz CT molecular complexity index is 589. The second-order valence-corrected chi connectivity index (χ2v) is 5.51. The lowest BCUT2D eigenvalue weighted by Crippen LogP contribution is -2.28. The van der Waals surface area contributed by atoms with Gasteiger partial charge in [-0.1, -0.05) is 30.3 Å². The second-order valence-electron chi connectivity index (χ2n) is 5.51. The van der Waals surface area contributed by atoms with E-state index >= 15 is 0 Å². The molecular formula is C17H23N3O. The molecule has 0 fully saturated rings. The van der Waals surface area contributed by atoms with E-state index in [0.29, 0.717) is 13.0 Å². The monoisotopic (exact) mass is 285 g/mol. The van der Waals surface area contributed by atoms with E-state index in [1.165, 1.54) is 5.56 Å². The smallest absolute Gasteiger partial charge is 0.222 e. The predicted molar refractivity (Wildman–Crippen MR) is 84.2 cm³/mol. The maximum atomic E-state index is 12.0. The van der Waals surface area contributed by atoms with Gasteiger partial charge in [-0.3, -0.25) is 9.48 Å². The van der Waals surface area contributed by atoms with Gasteiger partial charge >= 0.3 is 0 Å². The van der Waals surface area contributed by atoms with Crippen LogP contribution >= 0.6 is 0 Å². The maximum absolute atomic E-state index is 12.0. The lowest BCUT2D eigenvalue weighted by atomic mass is 10.1. The fraction of sp³-hybridized carbons (Fsp3) is 0.412. The Morgan fingerprint density at radius 3 is 2.62 bits per heavy atom. The van der Waals surface area contributed by atoms with Gasteiger partial charge < -0.3 is 5.32 Å². The molecule has 0 aliphatic carbocycles. The van der Waals surface area contributed by atoms with Gasteiger partial charge in [0, 0.05) is 18.7 Å². The number of aromatic nitrogens is 2. The number of nitrogens with zero attached hydrogens (tertiary/aromatic N) is 2. The highest BCUT2D eigenvalue weighted by Gasteiger charge is 2.13. The van der Waals surface area contributed by atoms with Crippen molar-refractivity contribution in [2.75, 3.05) is 6.54 Å². The van der Waals surface area contributed by atoms with Crippen LogP contribution in [-0.4, -0.2) is 22.2 Å². The molecule has 1 N–H and O–H groups in total. The Hall–Kier alpha value is -2.10. The first kappa shape index (κ1) is 15.3. The van der Waals surface area contributed by atoms with Crippen molar-refractivity contribution < 1.29 is 4.79 Å². The minimum atomic E-state index is 0.0750. The van der Waals surface area contributed by atoms with E-state index in [-0.39, 0.29) is 11.9 Å². The summed E-state index contributed by atoms with van der Waals surface area (Å²) in [5, 5.41) is 7.41. The molecule has 1 aromatic heterocycles. The quantitative estimate of drug-likeness (QED) is 0.887. The third-order valence-electron chi connectivity index (χ3n) is 3.52. The first-order valence-corrected chi connectivity index (χ1v) is 7.39. The van der Waals surface area contributed by atoms with Crippen LogP contribution in [0.3, 0.4) is 0 Å². The average Bonchev–Trinajstić information content (AvgIpc) is 2.79. The summed E-state index contributed by atoms with van der Waals surface area (Å²) in [6, 6.07) is 12.3. The first-order valence-electron chi connectivity index (χ1n) is 7.39. The topological polar surface area (TPSA) is 46.9 Å². The summed E-state index contributed by atoms with van der Waals surface area (Å²) in [5.74, 6) is 0.0750. The van der Waals surface area contributed by atoms with E-state index < -0.39 is 0 Å². The largest absolute Gasteiger partial charge is 0.356 e. The molecule has 4 heteroatoms. The zero-order valence-electron chi connectivity index (χ0n) is 13.0. The predicted octanol–water partition coefficient (Wildman–Crippen LogP) is 2.81. The fourth-order valence-corrected chi connectivity index (χ4v) is 2.51. The van der Waals surface area contributed by atoms with Crippen molar-refractivity contribution in [3.63, 3.8) is 0 Å². The molecule has 21 heavy (non-hydrogen) atoms. The Morgan fingerprint density at radius 2 is 2.00 bits per heavy atom. The number of aryl methyl sites for hydroxylation is 2. The lowest BCUT2D eigenvalue weighted by molar-refractivity contribution is -0.121. The van der Waals surface area contributed by atoms with E-state index in [1.807, 2.05) is 49.7 Å². The van der Waals surface area contributed by atoms with Gasteiger partial charge in [-0.2, -0.15) is 5.10 Å². The molecule has 4 nitrogen and oxygen atoms in total. The average molecular weight is 285 g/mol. The van der Waals surface area contributed by atoms with Crippen molar-refractivity contribution >= 4 is 5.91 Å². The Morgan fingerprint density at radius 1 is 1.29 bits per heavy atom. The van der Waals surface area contributed by atoms with Crippen molar-refractivity contribution in [1.29, 1.82) is 0 Å². The molecule has 0 radical (unpaired) electrons. The zero-order chi connectivity index (χ0) is 15.2. The van der Waals surface area contributed by atoms with Crippen LogP contribution in [0.25, 0.3) is 0 Å². The molecule has 1 heterocycles. The van der Waals surface area contributed by atoms with Crippen molar-refractivity contribution in [3.05, 3.63) is 53.3 Å². The normalized spacial score (nSPS) is 12.1. The highest BCUT2D eigenvalue weighted by molar-refractivity contribution is 5.76. The highest BCUT2D eigenvalue weighted by atomic mass is 16.1. The number of carbonyl (C=O) groups is 1. The van der Waals surface area contributed by atoms with Gasteiger partial charge in [0.25, 0.3) is 0 Å². The third-order valence-corrected chi connectivity index (χ3v) is 3.52. The minimum absolute atomic E-state index is 0.0750. The minimum Gasteiger partial charge on any atom is -0.356 e. The van der Waals surface area contributed by atoms with Crippen molar-refractivity contribution in [2.24, 2.45) is 0 Å². The van der Waals surface area contributed by atoms with Gasteiger partial charge in [-0.15, -0.1) is 0 Å². The molecule has 0 aliphatic heterocycles. The van der Waals surface area contributed by atoms with Gasteiger partial charge in [0.1, 0.15) is 0 Å². The van der Waals surface area contributed by atoms with Crippen LogP contribution in [0.15, 0.2) is 36.4 Å². The molecular weight excluding hydrogens is 262 g/mol. The lowest BCUT2D eigenvalue weighted by Gasteiger charge is -2.14. The van der Waals surface area contributed by atoms with Crippen LogP contribution in [0, 0.1) is 13.8 Å². The van der Waals surface area contributed by atoms with E-state index in [1.54, 1.807) is 0 Å². The van der Waals surface area contributed by atoms with E-state index in [0.717, 1.165) is 17.8 Å². The summed E-state index contributed by atoms with van der Waals surface area (Å²) in [6.07, 6.45) is 1.32. The maximum Gasteiger partial charge on any atom is 0.222 e. The Labute approximate surface area is 126 Å². The zero-order valence-corrected chi connectivity index (χ0v) is 13.0. The van der Waals surface area contributed by atoms with E-state index in [2.05, 4.69) is 22.5 Å². The van der Waals surface area contributed by atoms with Gasteiger partial charge in [0.15, 0.2) is 0 Å². The molecule has 0 spiro atoms. The van der Waals surface area contributed by atoms with Crippen LogP contribution in [0.2, 0.25) is 0 Å². The molecule has 112 valence electrons. The molecule has 0 aliphatic rings. The van der Waals surface area contributed by atoms with Crippen molar-refractivity contribution in [2.45, 2.75) is 39.7 Å². The molecule has 1 aromatic carbocycles. The highest BCUT2D eigenvalue weighted by Crippen LogP contribution is 2.13. The number of hydrogen-bond acceptors (Lipinski definition) is 2. The Balaban J connectivity index is 1.78. The SMILES string of the molecule is Cc1cc(C)n([C@H](C)CC(=O)NCCc2ccccc2)n1. The Kier molecular flexibility index (Phi) is 5.14. The second kappa shape index (κ2) is 7.07. The summed E-state index contributed by atoms with van der Waals surface area (Å²) in [4.78, 5) is 12.0. The summed E-state index contributed by atoms with van der Waals surface area (Å²) in [7, 11) is 0. The van der Waals surface area contributed by atoms with Gasteiger partial charge in [0.05, 0.1) is 11.7 Å². The molecule has 0 saturated heterocycles. The van der Waals surface area contributed by atoms with Crippen LogP contribution in [0.4, 0.5) is 0 Å². The number of benzene rings is 1. The van der Waals surface area contributed by atoms with Crippen LogP contribution in [0.5, 0.6) is 0 Å². The van der Waals surface area contributed by atoms with E-state index in [4.69, 9.17) is 0 Å². The van der Waals surface area contributed by atoms with E-state index in [9.17, 15) is 4.79 Å². The van der Waals surface area contributed by atoms with Gasteiger partial charge in [0.2, 0.25) is 5.91 Å². The number of carbonyl (C=O) groups excluding carboxylic acids is 1. The number of amides is 1. The molecule has 0 saturated carbocycles. The standard InChI is InChI=1S/C17H23N3O/c1-13-11-14(2)20(19-13)15(3)12-17(21)18-10-9-16-7-5-4-6-8-16/h4-8,11,15H,9-10,12H2,1-3H3,(H,18,21)/t15-/m1/s1. The molecule has 1 amide bonds. The third kappa shape index (κ3) is 4.45. The summed E-state index contributed by atoms with van der Waals surface area (Å²) >= 11 is 0. The first-order chi connectivity index (χ1) is 10.1. The summed E-state index contributed by atoms with van der Waals surface area (Å²) in [6.45, 7) is 6.68. The van der Waals surface area contributed by atoms with Gasteiger partial charge in [-0.05, 0) is 38.8 Å². The molecule has 2 rings (SSSR count). The van der Waals surface area contributed by atoms with Gasteiger partial charge in [-0.25, -0.2) is 0 Å². The number of hydrogen-bond donors (Lipinski definition) is 1. The molecule has 2 aromatic rings. The van der Waals surface area contributed by atoms with Crippen molar-refractivity contribution in [3.8, 4) is 0 Å². The summed E-state index contributed by atoms with van der Waals surface area (Å²) < 4.78 is 1.92. The molecule has 0 unspecified atom stereocenters. The van der Waals surface area contributed by atoms with Crippen molar-refractivity contribution in [1.82, 2.24) is 15.1 Å². The molecule has 1 atom stereocenters. The fourth-order valence-electron chi connectivity index (χ4n) is 2.51. The van der Waals surface area contributed by atoms with Crippen LogP contribution in [0.1, 0.15) is 36.3 Å². The number of rotatable bonds is 6. The molecule has 0 bridgehead atoms. The summed E-state index contributed by atoms with van der Waals surface area (Å²) in [5.41, 5.74) is 3.32.